The number of halogens is 3. The third-order valence-corrected chi connectivity index (χ3v) is 5.56. The van der Waals surface area contributed by atoms with Crippen molar-refractivity contribution in [1.29, 1.82) is 0 Å². The topological polar surface area (TPSA) is 138 Å². The molecule has 0 bridgehead atoms. The van der Waals surface area contributed by atoms with Crippen LogP contribution in [0.5, 0.6) is 0 Å². The third kappa shape index (κ3) is 10.3. The van der Waals surface area contributed by atoms with Crippen molar-refractivity contribution in [2.45, 2.75) is 58.2 Å². The smallest absolute Gasteiger partial charge is 0.412 e. The number of nitrogens with zero attached hydrogens (tertiary/aromatic N) is 4. The highest BCUT2D eigenvalue weighted by Gasteiger charge is 2.32. The average molecular weight is 511 g/mol. The van der Waals surface area contributed by atoms with Gasteiger partial charge in [-0.15, -0.1) is 0 Å². The lowest BCUT2D eigenvalue weighted by Crippen LogP contribution is -2.17. The molecule has 192 valence electrons. The fourth-order valence-corrected chi connectivity index (χ4v) is 3.65. The molecular formula is C19H29F3N5O6P. The summed E-state index contributed by atoms with van der Waals surface area (Å²) in [6.45, 7) is 0.586. The van der Waals surface area contributed by atoms with E-state index in [1.54, 1.807) is 0 Å². The standard InChI is InChI=1S/C19H29F3N5O6P/c1-2-3-4-5-6-7-9-32-18(28)26-16-15-17(24-12-23-16)27(13-25-15)8-10-31-14-34(29,30)33-11-19(20,21)22/h12-13H,2-11,14H2,1H3,(H,29,30)(H,23,24,26,28). The van der Waals surface area contributed by atoms with Crippen LogP contribution in [0.25, 0.3) is 11.2 Å². The van der Waals surface area contributed by atoms with Gasteiger partial charge in [0, 0.05) is 6.54 Å². The highest BCUT2D eigenvalue weighted by Crippen LogP contribution is 2.43. The number of ether oxygens (including phenoxy) is 2. The average Bonchev–Trinajstić information content (AvgIpc) is 3.18. The number of aromatic nitrogens is 4. The molecule has 0 aliphatic heterocycles. The summed E-state index contributed by atoms with van der Waals surface area (Å²) >= 11 is 0. The number of hydrogen-bond donors (Lipinski definition) is 2. The first kappa shape index (κ1) is 28.0. The maximum atomic E-state index is 12.1. The Labute approximate surface area is 194 Å². The Morgan fingerprint density at radius 3 is 2.62 bits per heavy atom. The Balaban J connectivity index is 1.79. The minimum absolute atomic E-state index is 0.120. The van der Waals surface area contributed by atoms with E-state index >= 15 is 0 Å². The van der Waals surface area contributed by atoms with E-state index in [4.69, 9.17) is 9.47 Å². The van der Waals surface area contributed by atoms with Crippen LogP contribution in [0, 0.1) is 0 Å². The molecule has 0 aliphatic carbocycles. The summed E-state index contributed by atoms with van der Waals surface area (Å²) < 4.78 is 63.5. The Bertz CT molecular complexity index is 958. The predicted octanol–water partition coefficient (Wildman–Crippen LogP) is 4.47. The van der Waals surface area contributed by atoms with E-state index in [0.717, 1.165) is 19.3 Å². The molecule has 0 spiro atoms. The molecule has 1 unspecified atom stereocenters. The molecule has 0 saturated carbocycles. The summed E-state index contributed by atoms with van der Waals surface area (Å²) in [5.74, 6) is 0.151. The van der Waals surface area contributed by atoms with Gasteiger partial charge in [0.05, 0.1) is 19.5 Å². The van der Waals surface area contributed by atoms with Gasteiger partial charge < -0.3 is 18.9 Å². The zero-order valence-corrected chi connectivity index (χ0v) is 19.7. The number of unbranched alkanes of at least 4 members (excludes halogenated alkanes) is 5. The largest absolute Gasteiger partial charge is 0.449 e. The molecule has 2 rings (SSSR count). The molecule has 11 nitrogen and oxygen atoms in total. The lowest BCUT2D eigenvalue weighted by molar-refractivity contribution is -0.155. The molecule has 1 amide bonds. The van der Waals surface area contributed by atoms with Crippen LogP contribution in [0.4, 0.5) is 23.8 Å². The van der Waals surface area contributed by atoms with Crippen molar-refractivity contribution in [1.82, 2.24) is 19.5 Å². The number of hydrogen-bond acceptors (Lipinski definition) is 8. The first-order valence-corrected chi connectivity index (χ1v) is 12.6. The maximum absolute atomic E-state index is 12.1. The van der Waals surface area contributed by atoms with Crippen LogP contribution in [0.3, 0.4) is 0 Å². The highest BCUT2D eigenvalue weighted by atomic mass is 31.2. The van der Waals surface area contributed by atoms with E-state index in [0.29, 0.717) is 17.8 Å². The van der Waals surface area contributed by atoms with E-state index in [1.165, 1.54) is 36.5 Å². The quantitative estimate of drug-likeness (QED) is 0.262. The SMILES string of the molecule is CCCCCCCCOC(=O)Nc1ncnc2c1ncn2CCOCP(=O)(O)OCC(F)(F)F. The zero-order valence-electron chi connectivity index (χ0n) is 18.8. The number of alkyl halides is 3. The molecule has 34 heavy (non-hydrogen) atoms. The minimum Gasteiger partial charge on any atom is -0.449 e. The minimum atomic E-state index is -4.72. The first-order chi connectivity index (χ1) is 16.1. The number of nitrogens with one attached hydrogen (secondary N) is 1. The van der Waals surface area contributed by atoms with Gasteiger partial charge in [0.25, 0.3) is 0 Å². The molecule has 0 aromatic carbocycles. The van der Waals surface area contributed by atoms with E-state index in [9.17, 15) is 27.4 Å². The molecular weight excluding hydrogens is 482 g/mol. The summed E-state index contributed by atoms with van der Waals surface area (Å²) in [6.07, 6.45) is 2.72. The second-order valence-electron chi connectivity index (χ2n) is 7.42. The van der Waals surface area contributed by atoms with Gasteiger partial charge in [-0.25, -0.2) is 19.7 Å². The van der Waals surface area contributed by atoms with Gasteiger partial charge in [0.2, 0.25) is 0 Å². The molecule has 15 heteroatoms. The van der Waals surface area contributed by atoms with Crippen LogP contribution in [-0.2, 0) is 25.1 Å². The first-order valence-electron chi connectivity index (χ1n) is 10.8. The Hall–Kier alpha value is -2.28. The lowest BCUT2D eigenvalue weighted by atomic mass is 10.1. The van der Waals surface area contributed by atoms with E-state index in [1.807, 2.05) is 0 Å². The maximum Gasteiger partial charge on any atom is 0.412 e. The molecule has 0 fully saturated rings. The number of anilines is 1. The molecule has 2 N–H and O–H groups in total. The van der Waals surface area contributed by atoms with Gasteiger partial charge in [-0.3, -0.25) is 14.4 Å². The van der Waals surface area contributed by atoms with Gasteiger partial charge in [-0.1, -0.05) is 39.0 Å². The molecule has 0 aliphatic rings. The van der Waals surface area contributed by atoms with Crippen LogP contribution >= 0.6 is 7.60 Å². The van der Waals surface area contributed by atoms with Gasteiger partial charge in [-0.05, 0) is 6.42 Å². The van der Waals surface area contributed by atoms with Crippen LogP contribution in [0.15, 0.2) is 12.7 Å². The number of imidazole rings is 1. The number of carbonyl (C=O) groups is 1. The Morgan fingerprint density at radius 1 is 1.15 bits per heavy atom. The van der Waals surface area contributed by atoms with Gasteiger partial charge >= 0.3 is 19.9 Å². The van der Waals surface area contributed by atoms with Crippen LogP contribution in [0.1, 0.15) is 45.4 Å². The third-order valence-electron chi connectivity index (χ3n) is 4.51. The summed E-state index contributed by atoms with van der Waals surface area (Å²) in [4.78, 5) is 33.6. The van der Waals surface area contributed by atoms with Crippen LogP contribution in [0.2, 0.25) is 0 Å². The van der Waals surface area contributed by atoms with E-state index in [2.05, 4.69) is 31.7 Å². The lowest BCUT2D eigenvalue weighted by Gasteiger charge is -2.14. The van der Waals surface area contributed by atoms with Crippen LogP contribution < -0.4 is 5.32 Å². The highest BCUT2D eigenvalue weighted by molar-refractivity contribution is 7.52. The van der Waals surface area contributed by atoms with Gasteiger partial charge in [0.1, 0.15) is 12.7 Å². The molecule has 1 atom stereocenters. The van der Waals surface area contributed by atoms with Crippen molar-refractivity contribution in [3.63, 3.8) is 0 Å². The van der Waals surface area contributed by atoms with Gasteiger partial charge in [-0.2, -0.15) is 13.2 Å². The Kier molecular flexibility index (Phi) is 11.2. The molecule has 0 saturated heterocycles. The summed E-state index contributed by atoms with van der Waals surface area (Å²) in [5.41, 5.74) is 0.644. The summed E-state index contributed by atoms with van der Waals surface area (Å²) in [7, 11) is -4.54. The van der Waals surface area contributed by atoms with Crippen molar-refractivity contribution in [2.75, 3.05) is 31.5 Å². The normalized spacial score (nSPS) is 13.7. The molecule has 2 aromatic rings. The fourth-order valence-electron chi connectivity index (χ4n) is 2.87. The van der Waals surface area contributed by atoms with Crippen molar-refractivity contribution in [2.24, 2.45) is 0 Å². The predicted molar refractivity (Wildman–Crippen MR) is 116 cm³/mol. The Morgan fingerprint density at radius 2 is 1.88 bits per heavy atom. The van der Waals surface area contributed by atoms with Crippen molar-refractivity contribution in [3.05, 3.63) is 12.7 Å². The fraction of sp³-hybridized carbons (Fsp3) is 0.684. The summed E-state index contributed by atoms with van der Waals surface area (Å²) in [5, 5.41) is 2.53. The van der Waals surface area contributed by atoms with Crippen molar-refractivity contribution in [3.8, 4) is 0 Å². The molecule has 0 radical (unpaired) electrons. The van der Waals surface area contributed by atoms with E-state index < -0.39 is 32.8 Å². The zero-order chi connectivity index (χ0) is 25.0. The number of amides is 1. The van der Waals surface area contributed by atoms with E-state index in [-0.39, 0.29) is 19.0 Å². The number of rotatable bonds is 15. The second kappa shape index (κ2) is 13.6. The van der Waals surface area contributed by atoms with Crippen molar-refractivity contribution < 1.29 is 41.4 Å². The molecule has 2 aromatic heterocycles. The van der Waals surface area contributed by atoms with Gasteiger partial charge in [0.15, 0.2) is 23.6 Å². The molecule has 2 heterocycles. The van der Waals surface area contributed by atoms with Crippen LogP contribution in [-0.4, -0.2) is 62.9 Å². The second-order valence-corrected chi connectivity index (χ2v) is 9.22. The monoisotopic (exact) mass is 511 g/mol. The number of carbonyl (C=O) groups excluding carboxylic acids is 1. The number of fused-ring (bicyclic) bond motifs is 1. The summed E-state index contributed by atoms with van der Waals surface area (Å²) in [6, 6.07) is 0. The van der Waals surface area contributed by atoms with Crippen molar-refractivity contribution >= 4 is 30.7 Å².